The quantitative estimate of drug-likeness (QED) is 0.108. The Hall–Kier alpha value is -3.64. The number of rotatable bonds is 17. The van der Waals surface area contributed by atoms with Crippen LogP contribution in [0.15, 0.2) is 60.2 Å². The second-order valence-corrected chi connectivity index (χ2v) is 16.5. The Kier molecular flexibility index (Phi) is 31.9. The third-order valence-corrected chi connectivity index (χ3v) is 10.9. The van der Waals surface area contributed by atoms with E-state index in [0.717, 1.165) is 60.7 Å². The van der Waals surface area contributed by atoms with Crippen molar-refractivity contribution in [2.24, 2.45) is 11.8 Å². The molecule has 0 bridgehead atoms. The smallest absolute Gasteiger partial charge is 0.354 e. The largest absolute Gasteiger partial charge is 0.477 e. The predicted octanol–water partition coefficient (Wildman–Crippen LogP) is 15.8. The summed E-state index contributed by atoms with van der Waals surface area (Å²) >= 11 is 0. The highest BCUT2D eigenvalue weighted by Crippen LogP contribution is 2.33. The second kappa shape index (κ2) is 34.0. The number of aryl methyl sites for hydroxylation is 5. The van der Waals surface area contributed by atoms with Gasteiger partial charge in [0.25, 0.3) is 0 Å². The zero-order chi connectivity index (χ0) is 45.5. The summed E-state index contributed by atoms with van der Waals surface area (Å²) in [7, 11) is 0. The molecule has 2 fully saturated rings. The highest BCUT2D eigenvalue weighted by molar-refractivity contribution is 5.99. The SMILES string of the molecule is CC.CC/C=C(/C)CC(C)CC.CCCC(CCC)c1cccc(C)n1.CCCC[C@@H]1CCO1.CCCc1ccc(C(=O)C2CC2)cc1C.Cc1ccc(C(=O)O)nc1C. The van der Waals surface area contributed by atoms with Gasteiger partial charge < -0.3 is 9.84 Å². The summed E-state index contributed by atoms with van der Waals surface area (Å²) < 4.78 is 5.23. The second-order valence-electron chi connectivity index (χ2n) is 16.5. The van der Waals surface area contributed by atoms with Crippen LogP contribution in [0.3, 0.4) is 0 Å². The minimum absolute atomic E-state index is 0.105. The van der Waals surface area contributed by atoms with Crippen LogP contribution in [-0.2, 0) is 11.2 Å². The molecule has 1 saturated heterocycles. The van der Waals surface area contributed by atoms with Gasteiger partial charge in [0, 0.05) is 41.1 Å². The molecule has 2 aromatic heterocycles. The van der Waals surface area contributed by atoms with Crippen LogP contribution in [0.5, 0.6) is 0 Å². The number of ketones is 1. The number of carbonyl (C=O) groups excluding carboxylic acids is 1. The number of nitrogens with zero attached hydrogens (tertiary/aromatic N) is 2. The van der Waals surface area contributed by atoms with Gasteiger partial charge in [0.2, 0.25) is 0 Å². The van der Waals surface area contributed by atoms with Crippen molar-refractivity contribution >= 4 is 11.8 Å². The fourth-order valence-electron chi connectivity index (χ4n) is 6.73. The molecule has 1 aliphatic heterocycles. The van der Waals surface area contributed by atoms with Crippen molar-refractivity contribution < 1.29 is 19.4 Å². The fraction of sp³-hybridized carbons (Fsp3) is 0.630. The Balaban J connectivity index is 0.000000729. The number of hydrogen-bond donors (Lipinski definition) is 1. The predicted molar refractivity (Wildman–Crippen MR) is 258 cm³/mol. The molecule has 338 valence electrons. The third kappa shape index (κ3) is 24.6. The molecule has 0 radical (unpaired) electrons. The minimum atomic E-state index is -0.979. The van der Waals surface area contributed by atoms with Crippen LogP contribution in [-0.4, -0.2) is 39.5 Å². The molecule has 1 saturated carbocycles. The Morgan fingerprint density at radius 2 is 1.48 bits per heavy atom. The number of benzene rings is 1. The van der Waals surface area contributed by atoms with Gasteiger partial charge in [-0.2, -0.15) is 0 Å². The number of allylic oxidation sites excluding steroid dienone is 2. The third-order valence-electron chi connectivity index (χ3n) is 10.9. The van der Waals surface area contributed by atoms with E-state index in [1.54, 1.807) is 18.6 Å². The minimum Gasteiger partial charge on any atom is -0.477 e. The van der Waals surface area contributed by atoms with E-state index in [4.69, 9.17) is 9.84 Å². The van der Waals surface area contributed by atoms with Gasteiger partial charge >= 0.3 is 5.97 Å². The average Bonchev–Trinajstić information content (AvgIpc) is 4.07. The van der Waals surface area contributed by atoms with Crippen LogP contribution in [0.1, 0.15) is 220 Å². The Labute approximate surface area is 368 Å². The average molecular weight is 829 g/mol. The molecule has 6 heteroatoms. The molecule has 2 aliphatic rings. The standard InChI is InChI=1S/C14H18O.C13H21N.C10H20.C8H9NO2.C7H14O.C2H6/c1-3-4-11-5-8-13(9-10(11)2)14(15)12-6-7-12;1-4-7-12(8-5-2)13-10-6-9-11(3)14-13;1-5-7-10(4)8-9(3)6-2;1-5-3-4-7(8(10)11)9-6(5)2;1-2-3-4-7-5-6-8-7;1-2/h5,8-9,12H,3-4,6-7H2,1-2H3;6,9-10,12H,4-5,7-8H2,1-3H3;7,9H,5-6,8H2,1-4H3;3-4H,1-2H3,(H,10,11);7H,2-6H2,1H3;1-2H3/b;;10-7-;;;/t;;;;7-;/m....1./s1. The van der Waals surface area contributed by atoms with Gasteiger partial charge in [-0.25, -0.2) is 9.78 Å². The number of carboxylic acid groups (broad SMARTS) is 1. The number of carboxylic acids is 1. The molecule has 1 aliphatic carbocycles. The number of unbranched alkanes of at least 4 members (excludes halogenated alkanes) is 1. The first-order chi connectivity index (χ1) is 28.7. The molecule has 1 unspecified atom stereocenters. The van der Waals surface area contributed by atoms with E-state index in [1.165, 1.54) is 93.5 Å². The maximum atomic E-state index is 11.8. The monoisotopic (exact) mass is 829 g/mol. The topological polar surface area (TPSA) is 89.4 Å². The molecule has 60 heavy (non-hydrogen) atoms. The van der Waals surface area contributed by atoms with E-state index in [2.05, 4.69) is 116 Å². The van der Waals surface area contributed by atoms with Gasteiger partial charge in [-0.3, -0.25) is 9.78 Å². The van der Waals surface area contributed by atoms with Crippen LogP contribution in [0.4, 0.5) is 0 Å². The van der Waals surface area contributed by atoms with Crippen molar-refractivity contribution in [2.45, 2.75) is 205 Å². The number of carbonyl (C=O) groups is 2. The highest BCUT2D eigenvalue weighted by atomic mass is 16.5. The van der Waals surface area contributed by atoms with Gasteiger partial charge in [-0.1, -0.05) is 137 Å². The first-order valence-corrected chi connectivity index (χ1v) is 23.8. The lowest BCUT2D eigenvalue weighted by Gasteiger charge is -2.25. The molecule has 3 aromatic rings. The van der Waals surface area contributed by atoms with E-state index >= 15 is 0 Å². The lowest BCUT2D eigenvalue weighted by atomic mass is 9.94. The first-order valence-electron chi connectivity index (χ1n) is 23.8. The molecule has 5 rings (SSSR count). The highest BCUT2D eigenvalue weighted by Gasteiger charge is 2.30. The molecular weight excluding hydrogens is 741 g/mol. The fourth-order valence-corrected chi connectivity index (χ4v) is 6.73. The first kappa shape index (κ1) is 56.4. The Morgan fingerprint density at radius 3 is 1.93 bits per heavy atom. The van der Waals surface area contributed by atoms with Crippen LogP contribution in [0.25, 0.3) is 0 Å². The zero-order valence-corrected chi connectivity index (χ0v) is 40.9. The van der Waals surface area contributed by atoms with E-state index in [-0.39, 0.29) is 5.69 Å². The van der Waals surface area contributed by atoms with Crippen LogP contribution in [0.2, 0.25) is 0 Å². The van der Waals surface area contributed by atoms with E-state index < -0.39 is 5.97 Å². The maximum absolute atomic E-state index is 11.8. The molecular formula is C54H88N2O4. The summed E-state index contributed by atoms with van der Waals surface area (Å²) in [6.45, 7) is 30.8. The number of ether oxygens (including phenoxy) is 1. The summed E-state index contributed by atoms with van der Waals surface area (Å²) in [5.41, 5.74) is 9.42. The van der Waals surface area contributed by atoms with Crippen molar-refractivity contribution in [1.82, 2.24) is 9.97 Å². The summed E-state index contributed by atoms with van der Waals surface area (Å²) in [6.07, 6.45) is 21.5. The normalized spacial score (nSPS) is 14.4. The lowest BCUT2D eigenvalue weighted by Crippen LogP contribution is -2.26. The number of Topliss-reactive ketones (excluding diaryl/α,β-unsaturated/α-hetero) is 1. The van der Waals surface area contributed by atoms with Crippen LogP contribution >= 0.6 is 0 Å². The Morgan fingerprint density at radius 1 is 0.833 bits per heavy atom. The van der Waals surface area contributed by atoms with Crippen molar-refractivity contribution in [3.05, 3.63) is 105 Å². The van der Waals surface area contributed by atoms with Crippen LogP contribution in [0, 0.1) is 39.5 Å². The summed E-state index contributed by atoms with van der Waals surface area (Å²) in [6, 6.07) is 15.8. The summed E-state index contributed by atoms with van der Waals surface area (Å²) in [4.78, 5) is 30.7. The van der Waals surface area contributed by atoms with Crippen molar-refractivity contribution in [3.63, 3.8) is 0 Å². The van der Waals surface area contributed by atoms with E-state index in [9.17, 15) is 9.59 Å². The molecule has 1 aromatic carbocycles. The van der Waals surface area contributed by atoms with E-state index in [0.29, 0.717) is 23.7 Å². The summed E-state index contributed by atoms with van der Waals surface area (Å²) in [5.74, 6) is 1.24. The van der Waals surface area contributed by atoms with Gasteiger partial charge in [0.15, 0.2) is 5.78 Å². The van der Waals surface area contributed by atoms with Gasteiger partial charge in [0.05, 0.1) is 6.10 Å². The van der Waals surface area contributed by atoms with Crippen molar-refractivity contribution in [3.8, 4) is 0 Å². The Bertz CT molecular complexity index is 1620. The maximum Gasteiger partial charge on any atom is 0.354 e. The van der Waals surface area contributed by atoms with Gasteiger partial charge in [0.1, 0.15) is 5.69 Å². The van der Waals surface area contributed by atoms with Crippen molar-refractivity contribution in [2.75, 3.05) is 6.61 Å². The number of aromatic nitrogens is 2. The molecule has 0 amide bonds. The van der Waals surface area contributed by atoms with Crippen LogP contribution < -0.4 is 0 Å². The molecule has 2 atom stereocenters. The van der Waals surface area contributed by atoms with E-state index in [1.807, 2.05) is 26.8 Å². The summed E-state index contributed by atoms with van der Waals surface area (Å²) in [5, 5.41) is 8.54. The zero-order valence-electron chi connectivity index (χ0n) is 40.9. The lowest BCUT2D eigenvalue weighted by molar-refractivity contribution is -0.0553. The molecule has 1 N–H and O–H groups in total. The van der Waals surface area contributed by atoms with Crippen molar-refractivity contribution in [1.29, 1.82) is 0 Å². The van der Waals surface area contributed by atoms with Gasteiger partial charge in [-0.05, 0) is 139 Å². The number of pyridine rings is 2. The molecule has 6 nitrogen and oxygen atoms in total. The molecule has 0 spiro atoms. The molecule has 3 heterocycles. The number of hydrogen-bond acceptors (Lipinski definition) is 5. The van der Waals surface area contributed by atoms with Gasteiger partial charge in [-0.15, -0.1) is 0 Å². The number of aromatic carboxylic acids is 1.